The van der Waals surface area contributed by atoms with Crippen LogP contribution in [0.1, 0.15) is 31.0 Å². The van der Waals surface area contributed by atoms with Crippen LogP contribution >= 0.6 is 0 Å². The first kappa shape index (κ1) is 14.1. The second-order valence-corrected chi connectivity index (χ2v) is 4.62. The van der Waals surface area contributed by atoms with Crippen molar-refractivity contribution in [2.45, 2.75) is 26.1 Å². The number of nitriles is 1. The smallest absolute Gasteiger partial charge is 0.262 e. The zero-order chi connectivity index (χ0) is 14.9. The molecule has 0 saturated carbocycles. The van der Waals surface area contributed by atoms with Gasteiger partial charge in [0.15, 0.2) is 0 Å². The molecule has 6 heteroatoms. The number of hydrogen-bond acceptors (Lipinski definition) is 2. The molecule has 0 aliphatic rings. The van der Waals surface area contributed by atoms with Crippen molar-refractivity contribution < 1.29 is 13.2 Å². The Morgan fingerprint density at radius 2 is 1.95 bits per heavy atom. The minimum atomic E-state index is -4.52. The fraction of sp³-hybridized carbons (Fsp3) is 0.286. The molecular formula is C14H12F3N3. The average molecular weight is 279 g/mol. The average Bonchev–Trinajstić information content (AvgIpc) is 2.86. The summed E-state index contributed by atoms with van der Waals surface area (Å²) in [6, 6.07) is 6.77. The Kier molecular flexibility index (Phi) is 3.53. The van der Waals surface area contributed by atoms with Gasteiger partial charge in [0.1, 0.15) is 0 Å². The van der Waals surface area contributed by atoms with Crippen molar-refractivity contribution >= 4 is 0 Å². The van der Waals surface area contributed by atoms with Crippen molar-refractivity contribution in [3.8, 4) is 17.3 Å². The summed E-state index contributed by atoms with van der Waals surface area (Å²) >= 11 is 0. The van der Waals surface area contributed by atoms with E-state index < -0.39 is 11.7 Å². The van der Waals surface area contributed by atoms with Gasteiger partial charge >= 0.3 is 6.18 Å². The van der Waals surface area contributed by atoms with Crippen LogP contribution in [0.25, 0.3) is 11.3 Å². The molecule has 0 bridgehead atoms. The molecule has 2 rings (SSSR count). The Hall–Kier alpha value is -2.29. The Morgan fingerprint density at radius 3 is 2.50 bits per heavy atom. The van der Waals surface area contributed by atoms with Crippen LogP contribution in [0.5, 0.6) is 0 Å². The van der Waals surface area contributed by atoms with E-state index in [1.165, 1.54) is 29.1 Å². The lowest BCUT2D eigenvalue weighted by Crippen LogP contribution is -2.11. The summed E-state index contributed by atoms with van der Waals surface area (Å²) in [5.74, 6) is 0. The topological polar surface area (TPSA) is 41.6 Å². The van der Waals surface area contributed by atoms with E-state index in [1.54, 1.807) is 6.07 Å². The Bertz CT molecular complexity index is 663. The van der Waals surface area contributed by atoms with Gasteiger partial charge in [-0.3, -0.25) is 4.68 Å². The standard InChI is InChI=1S/C14H12F3N3/c1-9(2)20-13(5-6-19-20)11-4-3-10(8-18)7-12(11)14(15,16)17/h3-7,9H,1-2H3. The molecule has 0 fully saturated rings. The zero-order valence-corrected chi connectivity index (χ0v) is 10.9. The van der Waals surface area contributed by atoms with E-state index >= 15 is 0 Å². The molecule has 104 valence electrons. The minimum absolute atomic E-state index is 0.0170. The fourth-order valence-corrected chi connectivity index (χ4v) is 2.01. The van der Waals surface area contributed by atoms with Crippen molar-refractivity contribution in [1.29, 1.82) is 5.26 Å². The van der Waals surface area contributed by atoms with Crippen LogP contribution in [-0.2, 0) is 6.18 Å². The van der Waals surface area contributed by atoms with Crippen LogP contribution in [0.4, 0.5) is 13.2 Å². The zero-order valence-electron chi connectivity index (χ0n) is 10.9. The van der Waals surface area contributed by atoms with Crippen molar-refractivity contribution in [2.24, 2.45) is 0 Å². The van der Waals surface area contributed by atoms with Crippen LogP contribution in [0, 0.1) is 11.3 Å². The van der Waals surface area contributed by atoms with Gasteiger partial charge in [-0.15, -0.1) is 0 Å². The lowest BCUT2D eigenvalue weighted by Gasteiger charge is -2.16. The highest BCUT2D eigenvalue weighted by atomic mass is 19.4. The van der Waals surface area contributed by atoms with Gasteiger partial charge in [-0.1, -0.05) is 6.07 Å². The number of hydrogen-bond donors (Lipinski definition) is 0. The SMILES string of the molecule is CC(C)n1nccc1-c1ccc(C#N)cc1C(F)(F)F. The van der Waals surface area contributed by atoms with Crippen molar-refractivity contribution in [1.82, 2.24) is 9.78 Å². The summed E-state index contributed by atoms with van der Waals surface area (Å²) in [5, 5.41) is 12.8. The van der Waals surface area contributed by atoms with Gasteiger partial charge in [0.2, 0.25) is 0 Å². The van der Waals surface area contributed by atoms with E-state index in [0.29, 0.717) is 5.69 Å². The summed E-state index contributed by atoms with van der Waals surface area (Å²) < 4.78 is 41.0. The highest BCUT2D eigenvalue weighted by Crippen LogP contribution is 2.38. The summed E-state index contributed by atoms with van der Waals surface area (Å²) in [7, 11) is 0. The molecule has 0 aliphatic carbocycles. The van der Waals surface area contributed by atoms with E-state index in [4.69, 9.17) is 5.26 Å². The predicted molar refractivity (Wildman–Crippen MR) is 67.8 cm³/mol. The summed E-state index contributed by atoms with van der Waals surface area (Å²) in [5.41, 5.74) is -0.421. The lowest BCUT2D eigenvalue weighted by atomic mass is 10.0. The fourth-order valence-electron chi connectivity index (χ4n) is 2.01. The maximum absolute atomic E-state index is 13.2. The van der Waals surface area contributed by atoms with Gasteiger partial charge < -0.3 is 0 Å². The Morgan fingerprint density at radius 1 is 1.25 bits per heavy atom. The van der Waals surface area contributed by atoms with E-state index in [0.717, 1.165) is 6.07 Å². The maximum atomic E-state index is 13.2. The summed E-state index contributed by atoms with van der Waals surface area (Å²) in [6.07, 6.45) is -3.05. The van der Waals surface area contributed by atoms with Gasteiger partial charge in [-0.25, -0.2) is 0 Å². The molecule has 0 unspecified atom stereocenters. The molecule has 2 aromatic rings. The van der Waals surface area contributed by atoms with Gasteiger partial charge in [-0.05, 0) is 32.0 Å². The van der Waals surface area contributed by atoms with Crippen LogP contribution < -0.4 is 0 Å². The quantitative estimate of drug-likeness (QED) is 0.833. The number of halogens is 3. The number of alkyl halides is 3. The van der Waals surface area contributed by atoms with E-state index in [9.17, 15) is 13.2 Å². The molecule has 20 heavy (non-hydrogen) atoms. The molecule has 0 spiro atoms. The molecule has 0 saturated heterocycles. The third-order valence-corrected chi connectivity index (χ3v) is 2.89. The van der Waals surface area contributed by atoms with Crippen LogP contribution in [0.3, 0.4) is 0 Å². The minimum Gasteiger partial charge on any atom is -0.262 e. The van der Waals surface area contributed by atoms with E-state index in [1.807, 2.05) is 13.8 Å². The molecule has 1 aromatic carbocycles. The summed E-state index contributed by atoms with van der Waals surface area (Å²) in [4.78, 5) is 0. The van der Waals surface area contributed by atoms with E-state index in [-0.39, 0.29) is 17.2 Å². The monoisotopic (exact) mass is 279 g/mol. The second kappa shape index (κ2) is 5.00. The number of benzene rings is 1. The largest absolute Gasteiger partial charge is 0.417 e. The normalized spacial score (nSPS) is 11.7. The molecule has 0 atom stereocenters. The second-order valence-electron chi connectivity index (χ2n) is 4.62. The van der Waals surface area contributed by atoms with Gasteiger partial charge in [0, 0.05) is 17.8 Å². The highest BCUT2D eigenvalue weighted by Gasteiger charge is 2.34. The van der Waals surface area contributed by atoms with Crippen molar-refractivity contribution in [3.05, 3.63) is 41.6 Å². The number of nitrogens with zero attached hydrogens (tertiary/aromatic N) is 3. The first-order valence-electron chi connectivity index (χ1n) is 6.00. The number of aromatic nitrogens is 2. The van der Waals surface area contributed by atoms with E-state index in [2.05, 4.69) is 5.10 Å². The molecule has 3 nitrogen and oxygen atoms in total. The van der Waals surface area contributed by atoms with Gasteiger partial charge in [0.05, 0.1) is 22.9 Å². The van der Waals surface area contributed by atoms with Crippen LogP contribution in [-0.4, -0.2) is 9.78 Å². The van der Waals surface area contributed by atoms with Crippen molar-refractivity contribution in [3.63, 3.8) is 0 Å². The van der Waals surface area contributed by atoms with Gasteiger partial charge in [-0.2, -0.15) is 23.5 Å². The first-order chi connectivity index (χ1) is 9.34. The Labute approximate surface area is 114 Å². The van der Waals surface area contributed by atoms with Crippen LogP contribution in [0.15, 0.2) is 30.5 Å². The number of rotatable bonds is 2. The Balaban J connectivity index is 2.68. The third-order valence-electron chi connectivity index (χ3n) is 2.89. The van der Waals surface area contributed by atoms with Crippen molar-refractivity contribution in [2.75, 3.05) is 0 Å². The molecule has 0 aliphatic heterocycles. The maximum Gasteiger partial charge on any atom is 0.417 e. The van der Waals surface area contributed by atoms with Gasteiger partial charge in [0.25, 0.3) is 0 Å². The molecule has 0 N–H and O–H groups in total. The first-order valence-corrected chi connectivity index (χ1v) is 6.00. The molecule has 1 aromatic heterocycles. The molecule has 0 amide bonds. The summed E-state index contributed by atoms with van der Waals surface area (Å²) in [6.45, 7) is 3.68. The molecule has 0 radical (unpaired) electrons. The highest BCUT2D eigenvalue weighted by molar-refractivity contribution is 5.66. The lowest BCUT2D eigenvalue weighted by molar-refractivity contribution is -0.137. The molecular weight excluding hydrogens is 267 g/mol. The molecule has 1 heterocycles. The van der Waals surface area contributed by atoms with Crippen LogP contribution in [0.2, 0.25) is 0 Å². The predicted octanol–water partition coefficient (Wildman–Crippen LogP) is 4.02. The third kappa shape index (κ3) is 2.52.